The maximum atomic E-state index is 12.4. The molecule has 1 N–H and O–H groups in total. The quantitative estimate of drug-likeness (QED) is 0.259. The van der Waals surface area contributed by atoms with Crippen LogP contribution in [0.15, 0.2) is 88.7 Å². The van der Waals surface area contributed by atoms with Gasteiger partial charge < -0.3 is 9.47 Å². The standard InChI is InChI=1S/C26H21BrN2O3S/c1-31-24-14-18(10-12-23(24)32-16-19-6-3-2-4-7-19)11-13-25(30)29-26-28-22(17-33-26)20-8-5-9-21(27)15-20/h2-15,17H,16H2,1H3,(H,28,29,30). The minimum absolute atomic E-state index is 0.256. The summed E-state index contributed by atoms with van der Waals surface area (Å²) in [7, 11) is 1.59. The number of thiazole rings is 1. The summed E-state index contributed by atoms with van der Waals surface area (Å²) in [6, 6.07) is 23.4. The number of ether oxygens (including phenoxy) is 2. The predicted molar refractivity (Wildman–Crippen MR) is 137 cm³/mol. The van der Waals surface area contributed by atoms with Crippen LogP contribution in [0.4, 0.5) is 5.13 Å². The lowest BCUT2D eigenvalue weighted by molar-refractivity contribution is -0.111. The number of aromatic nitrogens is 1. The molecule has 0 atom stereocenters. The Kier molecular flexibility index (Phi) is 7.55. The molecule has 33 heavy (non-hydrogen) atoms. The van der Waals surface area contributed by atoms with Gasteiger partial charge in [-0.2, -0.15) is 0 Å². The van der Waals surface area contributed by atoms with Gasteiger partial charge in [-0.05, 0) is 41.5 Å². The van der Waals surface area contributed by atoms with Crippen molar-refractivity contribution in [3.63, 3.8) is 0 Å². The van der Waals surface area contributed by atoms with Gasteiger partial charge >= 0.3 is 0 Å². The third-order valence-electron chi connectivity index (χ3n) is 4.71. The number of anilines is 1. The Morgan fingerprint density at radius 3 is 2.70 bits per heavy atom. The minimum Gasteiger partial charge on any atom is -0.493 e. The Bertz CT molecular complexity index is 1270. The van der Waals surface area contributed by atoms with Gasteiger partial charge in [-0.25, -0.2) is 4.98 Å². The SMILES string of the molecule is COc1cc(C=CC(=O)Nc2nc(-c3cccc(Br)c3)cs2)ccc1OCc1ccccc1. The second kappa shape index (κ2) is 10.9. The number of benzene rings is 3. The molecule has 7 heteroatoms. The lowest BCUT2D eigenvalue weighted by atomic mass is 10.2. The number of methoxy groups -OCH3 is 1. The number of rotatable bonds is 8. The van der Waals surface area contributed by atoms with E-state index < -0.39 is 0 Å². The van der Waals surface area contributed by atoms with Crippen molar-refractivity contribution in [3.8, 4) is 22.8 Å². The Morgan fingerprint density at radius 2 is 1.91 bits per heavy atom. The van der Waals surface area contributed by atoms with Crippen molar-refractivity contribution < 1.29 is 14.3 Å². The fourth-order valence-electron chi connectivity index (χ4n) is 3.07. The molecule has 5 nitrogen and oxygen atoms in total. The summed E-state index contributed by atoms with van der Waals surface area (Å²) in [5, 5.41) is 5.27. The Morgan fingerprint density at radius 1 is 1.06 bits per heavy atom. The van der Waals surface area contributed by atoms with Crippen molar-refractivity contribution >= 4 is 44.4 Å². The molecule has 0 saturated carbocycles. The second-order valence-corrected chi connectivity index (χ2v) is 8.83. The van der Waals surface area contributed by atoms with Crippen LogP contribution in [0.2, 0.25) is 0 Å². The van der Waals surface area contributed by atoms with Crippen molar-refractivity contribution in [1.82, 2.24) is 4.98 Å². The Balaban J connectivity index is 1.37. The second-order valence-electron chi connectivity index (χ2n) is 7.06. The monoisotopic (exact) mass is 520 g/mol. The molecule has 1 amide bonds. The zero-order valence-electron chi connectivity index (χ0n) is 17.8. The number of carbonyl (C=O) groups is 1. The van der Waals surface area contributed by atoms with Gasteiger partial charge in [-0.3, -0.25) is 10.1 Å². The molecule has 0 bridgehead atoms. The van der Waals surface area contributed by atoms with Crippen molar-refractivity contribution in [1.29, 1.82) is 0 Å². The molecule has 1 aromatic heterocycles. The number of halogens is 1. The molecule has 3 aromatic carbocycles. The van der Waals surface area contributed by atoms with E-state index in [4.69, 9.17) is 9.47 Å². The first kappa shape index (κ1) is 22.8. The van der Waals surface area contributed by atoms with Crippen LogP contribution in [0, 0.1) is 0 Å². The van der Waals surface area contributed by atoms with Gasteiger partial charge in [0.15, 0.2) is 16.6 Å². The van der Waals surface area contributed by atoms with E-state index in [2.05, 4.69) is 26.2 Å². The van der Waals surface area contributed by atoms with Crippen LogP contribution in [0.1, 0.15) is 11.1 Å². The zero-order chi connectivity index (χ0) is 23.0. The highest BCUT2D eigenvalue weighted by Crippen LogP contribution is 2.30. The largest absolute Gasteiger partial charge is 0.493 e. The van der Waals surface area contributed by atoms with E-state index in [1.165, 1.54) is 17.4 Å². The summed E-state index contributed by atoms with van der Waals surface area (Å²) in [5.74, 6) is 0.992. The van der Waals surface area contributed by atoms with E-state index >= 15 is 0 Å². The fourth-order valence-corrected chi connectivity index (χ4v) is 4.19. The number of hydrogen-bond donors (Lipinski definition) is 1. The number of amides is 1. The van der Waals surface area contributed by atoms with E-state index in [1.54, 1.807) is 13.2 Å². The average molecular weight is 521 g/mol. The van der Waals surface area contributed by atoms with E-state index in [9.17, 15) is 4.79 Å². The number of nitrogens with zero attached hydrogens (tertiary/aromatic N) is 1. The third kappa shape index (κ3) is 6.31. The summed E-state index contributed by atoms with van der Waals surface area (Å²) in [6.07, 6.45) is 3.20. The minimum atomic E-state index is -0.256. The van der Waals surface area contributed by atoms with E-state index in [0.717, 1.165) is 26.9 Å². The highest BCUT2D eigenvalue weighted by molar-refractivity contribution is 9.10. The Hall–Kier alpha value is -3.42. The molecule has 1 heterocycles. The highest BCUT2D eigenvalue weighted by atomic mass is 79.9. The molecule has 0 spiro atoms. The normalized spacial score (nSPS) is 10.8. The van der Waals surface area contributed by atoms with Gasteiger partial charge in [0.2, 0.25) is 5.91 Å². The molecule has 0 aliphatic heterocycles. The maximum absolute atomic E-state index is 12.4. The lowest BCUT2D eigenvalue weighted by Gasteiger charge is -2.11. The van der Waals surface area contributed by atoms with E-state index in [0.29, 0.717) is 23.2 Å². The number of nitrogens with one attached hydrogen (secondary N) is 1. The van der Waals surface area contributed by atoms with Gasteiger partial charge in [0.25, 0.3) is 0 Å². The van der Waals surface area contributed by atoms with Gasteiger partial charge in [0, 0.05) is 21.5 Å². The summed E-state index contributed by atoms with van der Waals surface area (Å²) in [5.41, 5.74) is 3.70. The maximum Gasteiger partial charge on any atom is 0.250 e. The molecule has 4 rings (SSSR count). The van der Waals surface area contributed by atoms with Crippen molar-refractivity contribution in [2.45, 2.75) is 6.61 Å². The smallest absolute Gasteiger partial charge is 0.250 e. The van der Waals surface area contributed by atoms with Crippen LogP contribution < -0.4 is 14.8 Å². The molecule has 166 valence electrons. The van der Waals surface area contributed by atoms with Crippen LogP contribution in [0.3, 0.4) is 0 Å². The fraction of sp³-hybridized carbons (Fsp3) is 0.0769. The van der Waals surface area contributed by atoms with Gasteiger partial charge in [-0.15, -0.1) is 11.3 Å². The van der Waals surface area contributed by atoms with Gasteiger partial charge in [0.1, 0.15) is 6.61 Å². The first-order chi connectivity index (χ1) is 16.1. The summed E-state index contributed by atoms with van der Waals surface area (Å²) in [4.78, 5) is 16.9. The van der Waals surface area contributed by atoms with Crippen LogP contribution in [0.5, 0.6) is 11.5 Å². The average Bonchev–Trinajstić information content (AvgIpc) is 3.30. The molecule has 0 saturated heterocycles. The van der Waals surface area contributed by atoms with Crippen molar-refractivity contribution in [2.24, 2.45) is 0 Å². The van der Waals surface area contributed by atoms with Crippen molar-refractivity contribution in [3.05, 3.63) is 99.9 Å². The first-order valence-electron chi connectivity index (χ1n) is 10.2. The zero-order valence-corrected chi connectivity index (χ0v) is 20.2. The molecule has 0 aliphatic carbocycles. The number of carbonyl (C=O) groups excluding carboxylic acids is 1. The third-order valence-corrected chi connectivity index (χ3v) is 5.96. The highest BCUT2D eigenvalue weighted by Gasteiger charge is 2.08. The van der Waals surface area contributed by atoms with E-state index in [-0.39, 0.29) is 5.91 Å². The van der Waals surface area contributed by atoms with E-state index in [1.807, 2.05) is 78.2 Å². The van der Waals surface area contributed by atoms with Crippen LogP contribution in [0.25, 0.3) is 17.3 Å². The summed E-state index contributed by atoms with van der Waals surface area (Å²) >= 11 is 4.85. The molecule has 0 aliphatic rings. The predicted octanol–water partition coefficient (Wildman–Crippen LogP) is 6.81. The van der Waals surface area contributed by atoms with Crippen LogP contribution >= 0.6 is 27.3 Å². The van der Waals surface area contributed by atoms with Gasteiger partial charge in [0.05, 0.1) is 12.8 Å². The summed E-state index contributed by atoms with van der Waals surface area (Å²) in [6.45, 7) is 0.449. The van der Waals surface area contributed by atoms with Crippen LogP contribution in [-0.4, -0.2) is 18.0 Å². The topological polar surface area (TPSA) is 60.5 Å². The molecule has 0 fully saturated rings. The number of hydrogen-bond acceptors (Lipinski definition) is 5. The van der Waals surface area contributed by atoms with Crippen LogP contribution in [-0.2, 0) is 11.4 Å². The molecule has 0 unspecified atom stereocenters. The molecular weight excluding hydrogens is 500 g/mol. The van der Waals surface area contributed by atoms with Gasteiger partial charge in [-0.1, -0.05) is 64.5 Å². The first-order valence-corrected chi connectivity index (χ1v) is 11.8. The summed E-state index contributed by atoms with van der Waals surface area (Å²) < 4.78 is 12.3. The molecular formula is C26H21BrN2O3S. The van der Waals surface area contributed by atoms with Crippen molar-refractivity contribution in [2.75, 3.05) is 12.4 Å². The molecule has 4 aromatic rings. The molecule has 0 radical (unpaired) electrons. The lowest BCUT2D eigenvalue weighted by Crippen LogP contribution is -2.07. The Labute approximate surface area is 204 Å².